The van der Waals surface area contributed by atoms with Gasteiger partial charge in [0.25, 0.3) is 0 Å². The molecule has 1 aromatic carbocycles. The number of aliphatic carboxylic acids is 1. The van der Waals surface area contributed by atoms with Crippen LogP contribution in [0.3, 0.4) is 0 Å². The molecule has 0 saturated heterocycles. The zero-order chi connectivity index (χ0) is 12.4. The number of carboxylic acids is 1. The maximum atomic E-state index is 13.5. The molecular weight excluding hydrogens is 291 g/mol. The van der Waals surface area contributed by atoms with E-state index in [2.05, 4.69) is 25.9 Å². The standard InChI is InChI=1S/C11H8BrFN2O2/c12-6-1-2-8(13)7(3-6)9-5-14-10(15-9)4-11(16)17/h1-3,5H,4H2,(H,14,15)(H,16,17). The second-order valence-corrected chi connectivity index (χ2v) is 4.35. The van der Waals surface area contributed by atoms with Crippen molar-refractivity contribution in [2.75, 3.05) is 0 Å². The van der Waals surface area contributed by atoms with Crippen molar-refractivity contribution in [3.05, 3.63) is 40.5 Å². The van der Waals surface area contributed by atoms with Crippen LogP contribution >= 0.6 is 15.9 Å². The summed E-state index contributed by atoms with van der Waals surface area (Å²) >= 11 is 3.25. The molecule has 0 saturated carbocycles. The van der Waals surface area contributed by atoms with Gasteiger partial charge in [-0.2, -0.15) is 0 Å². The highest BCUT2D eigenvalue weighted by Crippen LogP contribution is 2.24. The third-order valence-electron chi connectivity index (χ3n) is 2.17. The number of hydrogen-bond acceptors (Lipinski definition) is 2. The molecule has 0 atom stereocenters. The normalized spacial score (nSPS) is 10.5. The first-order chi connectivity index (χ1) is 8.06. The van der Waals surface area contributed by atoms with E-state index in [9.17, 15) is 9.18 Å². The van der Waals surface area contributed by atoms with Crippen LogP contribution in [0.5, 0.6) is 0 Å². The van der Waals surface area contributed by atoms with Crippen LogP contribution in [0.2, 0.25) is 0 Å². The van der Waals surface area contributed by atoms with Crippen LogP contribution in [0.4, 0.5) is 4.39 Å². The topological polar surface area (TPSA) is 66.0 Å². The lowest BCUT2D eigenvalue weighted by atomic mass is 10.1. The molecule has 0 aliphatic carbocycles. The SMILES string of the molecule is O=C(O)Cc1ncc(-c2cc(Br)ccc2F)[nH]1. The predicted octanol–water partition coefficient (Wildman–Crippen LogP) is 2.61. The molecule has 6 heteroatoms. The molecule has 0 bridgehead atoms. The molecule has 0 spiro atoms. The third-order valence-corrected chi connectivity index (χ3v) is 2.66. The highest BCUT2D eigenvalue weighted by atomic mass is 79.9. The number of nitrogens with one attached hydrogen (secondary N) is 1. The van der Waals surface area contributed by atoms with E-state index < -0.39 is 11.8 Å². The van der Waals surface area contributed by atoms with Crippen LogP contribution < -0.4 is 0 Å². The first kappa shape index (κ1) is 11.8. The van der Waals surface area contributed by atoms with Crippen molar-refractivity contribution in [3.63, 3.8) is 0 Å². The maximum Gasteiger partial charge on any atom is 0.311 e. The van der Waals surface area contributed by atoms with E-state index in [-0.39, 0.29) is 6.42 Å². The monoisotopic (exact) mass is 298 g/mol. The van der Waals surface area contributed by atoms with Gasteiger partial charge in [0.2, 0.25) is 0 Å². The molecule has 88 valence electrons. The molecular formula is C11H8BrFN2O2. The molecule has 0 aliphatic heterocycles. The minimum absolute atomic E-state index is 0.213. The Morgan fingerprint density at radius 3 is 3.00 bits per heavy atom. The zero-order valence-electron chi connectivity index (χ0n) is 8.58. The van der Waals surface area contributed by atoms with Gasteiger partial charge >= 0.3 is 5.97 Å². The number of aromatic amines is 1. The number of carboxylic acid groups (broad SMARTS) is 1. The second kappa shape index (κ2) is 4.67. The lowest BCUT2D eigenvalue weighted by Gasteiger charge is -2.00. The van der Waals surface area contributed by atoms with E-state index in [0.717, 1.165) is 4.47 Å². The average Bonchev–Trinajstić information content (AvgIpc) is 2.69. The molecule has 1 heterocycles. The van der Waals surface area contributed by atoms with E-state index in [4.69, 9.17) is 5.11 Å². The highest BCUT2D eigenvalue weighted by molar-refractivity contribution is 9.10. The van der Waals surface area contributed by atoms with E-state index >= 15 is 0 Å². The van der Waals surface area contributed by atoms with Gasteiger partial charge in [-0.1, -0.05) is 15.9 Å². The van der Waals surface area contributed by atoms with Crippen molar-refractivity contribution < 1.29 is 14.3 Å². The van der Waals surface area contributed by atoms with Crippen LogP contribution in [0.1, 0.15) is 5.82 Å². The quantitative estimate of drug-likeness (QED) is 0.915. The Balaban J connectivity index is 2.36. The summed E-state index contributed by atoms with van der Waals surface area (Å²) in [6, 6.07) is 4.53. The Hall–Kier alpha value is -1.69. The molecule has 2 rings (SSSR count). The minimum Gasteiger partial charge on any atom is -0.481 e. The minimum atomic E-state index is -0.986. The molecule has 2 N–H and O–H groups in total. The summed E-state index contributed by atoms with van der Waals surface area (Å²) in [5.74, 6) is -1.08. The predicted molar refractivity (Wildman–Crippen MR) is 63.0 cm³/mol. The molecule has 0 amide bonds. The van der Waals surface area contributed by atoms with Gasteiger partial charge in [0.15, 0.2) is 0 Å². The molecule has 17 heavy (non-hydrogen) atoms. The van der Waals surface area contributed by atoms with Crippen LogP contribution in [0.15, 0.2) is 28.9 Å². The van der Waals surface area contributed by atoms with E-state index in [1.807, 2.05) is 0 Å². The number of halogens is 2. The second-order valence-electron chi connectivity index (χ2n) is 3.44. The Kier molecular flexibility index (Phi) is 3.23. The van der Waals surface area contributed by atoms with E-state index in [1.165, 1.54) is 12.3 Å². The van der Waals surface area contributed by atoms with Crippen molar-refractivity contribution in [3.8, 4) is 11.3 Å². The number of imidazole rings is 1. The fraction of sp³-hybridized carbons (Fsp3) is 0.0909. The number of aromatic nitrogens is 2. The summed E-state index contributed by atoms with van der Waals surface area (Å²) in [7, 11) is 0. The number of carbonyl (C=O) groups is 1. The fourth-order valence-electron chi connectivity index (χ4n) is 1.44. The van der Waals surface area contributed by atoms with Gasteiger partial charge in [-0.25, -0.2) is 9.37 Å². The molecule has 2 aromatic rings. The first-order valence-electron chi connectivity index (χ1n) is 4.77. The summed E-state index contributed by atoms with van der Waals surface area (Å²) in [4.78, 5) is 17.2. The van der Waals surface area contributed by atoms with Crippen LogP contribution in [-0.4, -0.2) is 21.0 Å². The van der Waals surface area contributed by atoms with Crippen molar-refractivity contribution in [1.29, 1.82) is 0 Å². The summed E-state index contributed by atoms with van der Waals surface area (Å²) in [6.45, 7) is 0. The number of rotatable bonds is 3. The lowest BCUT2D eigenvalue weighted by molar-refractivity contribution is -0.136. The van der Waals surface area contributed by atoms with Crippen molar-refractivity contribution in [2.45, 2.75) is 6.42 Å². The van der Waals surface area contributed by atoms with Crippen LogP contribution in [-0.2, 0) is 11.2 Å². The van der Waals surface area contributed by atoms with E-state index in [0.29, 0.717) is 17.1 Å². The Morgan fingerprint density at radius 1 is 1.53 bits per heavy atom. The molecule has 0 aliphatic rings. The smallest absolute Gasteiger partial charge is 0.311 e. The van der Waals surface area contributed by atoms with Crippen LogP contribution in [0, 0.1) is 5.82 Å². The maximum absolute atomic E-state index is 13.5. The number of benzene rings is 1. The van der Waals surface area contributed by atoms with Gasteiger partial charge in [-0.3, -0.25) is 4.79 Å². The zero-order valence-corrected chi connectivity index (χ0v) is 10.2. The van der Waals surface area contributed by atoms with Crippen LogP contribution in [0.25, 0.3) is 11.3 Å². The van der Waals surface area contributed by atoms with Crippen molar-refractivity contribution >= 4 is 21.9 Å². The average molecular weight is 299 g/mol. The van der Waals surface area contributed by atoms with Gasteiger partial charge in [0.1, 0.15) is 18.1 Å². The van der Waals surface area contributed by atoms with Crippen molar-refractivity contribution in [2.24, 2.45) is 0 Å². The fourth-order valence-corrected chi connectivity index (χ4v) is 1.80. The Bertz CT molecular complexity index is 568. The summed E-state index contributed by atoms with van der Waals surface area (Å²) in [6.07, 6.45) is 1.21. The molecule has 0 unspecified atom stereocenters. The summed E-state index contributed by atoms with van der Waals surface area (Å²) < 4.78 is 14.3. The van der Waals surface area contributed by atoms with Gasteiger partial charge in [0, 0.05) is 10.0 Å². The molecule has 0 radical (unpaired) electrons. The number of nitrogens with zero attached hydrogens (tertiary/aromatic N) is 1. The highest BCUT2D eigenvalue weighted by Gasteiger charge is 2.10. The lowest BCUT2D eigenvalue weighted by Crippen LogP contribution is -2.01. The van der Waals surface area contributed by atoms with Gasteiger partial charge < -0.3 is 10.1 Å². The van der Waals surface area contributed by atoms with Crippen molar-refractivity contribution in [1.82, 2.24) is 9.97 Å². The Morgan fingerprint density at radius 2 is 2.29 bits per heavy atom. The molecule has 4 nitrogen and oxygen atoms in total. The summed E-state index contributed by atoms with van der Waals surface area (Å²) in [5, 5.41) is 8.60. The van der Waals surface area contributed by atoms with Gasteiger partial charge in [-0.05, 0) is 18.2 Å². The number of hydrogen-bond donors (Lipinski definition) is 2. The van der Waals surface area contributed by atoms with Gasteiger partial charge in [0.05, 0.1) is 11.9 Å². The van der Waals surface area contributed by atoms with E-state index in [1.54, 1.807) is 12.1 Å². The first-order valence-corrected chi connectivity index (χ1v) is 5.56. The largest absolute Gasteiger partial charge is 0.481 e. The molecule has 0 fully saturated rings. The van der Waals surface area contributed by atoms with Gasteiger partial charge in [-0.15, -0.1) is 0 Å². The summed E-state index contributed by atoms with van der Waals surface area (Å²) in [5.41, 5.74) is 0.809. The molecule has 1 aromatic heterocycles. The third kappa shape index (κ3) is 2.71. The Labute approximate surface area is 105 Å². The number of H-pyrrole nitrogens is 1.